The fourth-order valence-corrected chi connectivity index (χ4v) is 2.65. The maximum absolute atomic E-state index is 5.39. The van der Waals surface area contributed by atoms with Gasteiger partial charge in [-0.2, -0.15) is 0 Å². The van der Waals surface area contributed by atoms with Gasteiger partial charge in [-0.1, -0.05) is 0 Å². The quantitative estimate of drug-likeness (QED) is 0.899. The van der Waals surface area contributed by atoms with E-state index in [0.29, 0.717) is 5.54 Å². The van der Waals surface area contributed by atoms with E-state index in [1.807, 2.05) is 12.1 Å². The normalized spacial score (nSPS) is 17.9. The molecule has 1 fully saturated rings. The van der Waals surface area contributed by atoms with E-state index < -0.39 is 0 Å². The van der Waals surface area contributed by atoms with Crippen LogP contribution in [0.15, 0.2) is 29.0 Å². The van der Waals surface area contributed by atoms with Gasteiger partial charge in [-0.15, -0.1) is 0 Å². The molecule has 0 aliphatic heterocycles. The minimum atomic E-state index is 0.299. The molecule has 0 unspecified atom stereocenters. The molecule has 0 bridgehead atoms. The van der Waals surface area contributed by atoms with Crippen LogP contribution in [-0.4, -0.2) is 36.1 Å². The average molecular weight is 245 g/mol. The van der Waals surface area contributed by atoms with Crippen molar-refractivity contribution in [2.75, 3.05) is 26.0 Å². The number of hydrogen-bond acceptors (Lipinski definition) is 4. The third kappa shape index (κ3) is 1.77. The van der Waals surface area contributed by atoms with E-state index in [0.717, 1.165) is 23.3 Å². The number of likely N-dealkylation sites (N-methyl/N-ethyl adjacent to an activating group) is 1. The number of nitrogens with zero attached hydrogens (tertiary/aromatic N) is 2. The van der Waals surface area contributed by atoms with E-state index in [-0.39, 0.29) is 0 Å². The van der Waals surface area contributed by atoms with Gasteiger partial charge in [0, 0.05) is 18.3 Å². The Morgan fingerprint density at radius 2 is 2.22 bits per heavy atom. The molecular weight excluding hydrogens is 226 g/mol. The minimum absolute atomic E-state index is 0.299. The zero-order valence-electron chi connectivity index (χ0n) is 10.9. The number of nitrogens with one attached hydrogen (secondary N) is 1. The van der Waals surface area contributed by atoms with Crippen molar-refractivity contribution in [2.45, 2.75) is 24.8 Å². The Labute approximate surface area is 107 Å². The lowest BCUT2D eigenvalue weighted by Crippen LogP contribution is -2.54. The van der Waals surface area contributed by atoms with Crippen LogP contribution in [0.4, 0.5) is 5.82 Å². The first-order valence-corrected chi connectivity index (χ1v) is 6.45. The smallest absolute Gasteiger partial charge is 0.139 e. The summed E-state index contributed by atoms with van der Waals surface area (Å²) in [6.45, 7) is 0.942. The Morgan fingerprint density at radius 3 is 2.89 bits per heavy atom. The fraction of sp³-hybridized carbons (Fsp3) is 0.500. The van der Waals surface area contributed by atoms with Gasteiger partial charge in [-0.25, -0.2) is 4.98 Å². The van der Waals surface area contributed by atoms with Crippen LogP contribution in [0, 0.1) is 0 Å². The van der Waals surface area contributed by atoms with Crippen LogP contribution in [0.25, 0.3) is 11.0 Å². The molecule has 4 heteroatoms. The standard InChI is InChI=1S/C14H19N3O/c1-17(2)14(6-3-7-14)10-16-13-11-5-9-18-12(11)4-8-15-13/h4-5,8-9H,3,6-7,10H2,1-2H3,(H,15,16). The van der Waals surface area contributed by atoms with Gasteiger partial charge < -0.3 is 14.6 Å². The zero-order chi connectivity index (χ0) is 12.6. The van der Waals surface area contributed by atoms with Crippen molar-refractivity contribution in [3.8, 4) is 0 Å². The van der Waals surface area contributed by atoms with Crippen molar-refractivity contribution < 1.29 is 4.42 Å². The Balaban J connectivity index is 1.79. The average Bonchev–Trinajstić information content (AvgIpc) is 2.75. The van der Waals surface area contributed by atoms with Crippen LogP contribution in [0.2, 0.25) is 0 Å². The lowest BCUT2D eigenvalue weighted by Gasteiger charge is -2.47. The lowest BCUT2D eigenvalue weighted by atomic mass is 9.75. The fourth-order valence-electron chi connectivity index (χ4n) is 2.65. The second-order valence-corrected chi connectivity index (χ2v) is 5.32. The number of aromatic nitrogens is 1. The molecule has 0 aromatic carbocycles. The summed E-state index contributed by atoms with van der Waals surface area (Å²) < 4.78 is 5.39. The lowest BCUT2D eigenvalue weighted by molar-refractivity contribution is 0.0738. The summed E-state index contributed by atoms with van der Waals surface area (Å²) in [5.41, 5.74) is 1.19. The molecule has 0 atom stereocenters. The van der Waals surface area contributed by atoms with E-state index >= 15 is 0 Å². The predicted octanol–water partition coefficient (Wildman–Crippen LogP) is 2.72. The van der Waals surface area contributed by atoms with Crippen LogP contribution in [0.3, 0.4) is 0 Å². The maximum atomic E-state index is 5.39. The molecule has 96 valence electrons. The van der Waals surface area contributed by atoms with Gasteiger partial charge in [-0.3, -0.25) is 0 Å². The van der Waals surface area contributed by atoms with Gasteiger partial charge in [0.05, 0.1) is 11.6 Å². The molecule has 1 aliphatic carbocycles. The van der Waals surface area contributed by atoms with Crippen molar-refractivity contribution in [3.63, 3.8) is 0 Å². The third-order valence-electron chi connectivity index (χ3n) is 4.20. The molecule has 0 amide bonds. The molecule has 3 rings (SSSR count). The van der Waals surface area contributed by atoms with Gasteiger partial charge in [0.1, 0.15) is 11.4 Å². The van der Waals surface area contributed by atoms with Crippen LogP contribution < -0.4 is 5.32 Å². The molecule has 0 saturated heterocycles. The van der Waals surface area contributed by atoms with Crippen LogP contribution in [0.5, 0.6) is 0 Å². The zero-order valence-corrected chi connectivity index (χ0v) is 10.9. The summed E-state index contributed by atoms with van der Waals surface area (Å²) in [4.78, 5) is 6.74. The monoisotopic (exact) mass is 245 g/mol. The van der Waals surface area contributed by atoms with E-state index in [1.54, 1.807) is 12.5 Å². The first-order valence-electron chi connectivity index (χ1n) is 6.45. The Hall–Kier alpha value is -1.55. The molecular formula is C14H19N3O. The number of rotatable bonds is 4. The molecule has 0 radical (unpaired) electrons. The summed E-state index contributed by atoms with van der Waals surface area (Å²) in [5.74, 6) is 0.925. The number of hydrogen-bond donors (Lipinski definition) is 1. The van der Waals surface area contributed by atoms with Crippen molar-refractivity contribution in [3.05, 3.63) is 24.6 Å². The summed E-state index contributed by atoms with van der Waals surface area (Å²) in [6.07, 6.45) is 7.34. The Kier molecular flexibility index (Phi) is 2.74. The maximum Gasteiger partial charge on any atom is 0.139 e. The van der Waals surface area contributed by atoms with E-state index in [1.165, 1.54) is 19.3 Å². The summed E-state index contributed by atoms with van der Waals surface area (Å²) in [7, 11) is 4.32. The predicted molar refractivity (Wildman–Crippen MR) is 72.8 cm³/mol. The molecule has 1 N–H and O–H groups in total. The van der Waals surface area contributed by atoms with Crippen molar-refractivity contribution in [1.29, 1.82) is 0 Å². The first kappa shape index (κ1) is 11.5. The molecule has 1 aliphatic rings. The molecule has 18 heavy (non-hydrogen) atoms. The van der Waals surface area contributed by atoms with Gasteiger partial charge in [0.15, 0.2) is 0 Å². The minimum Gasteiger partial charge on any atom is -0.464 e. The van der Waals surface area contributed by atoms with Gasteiger partial charge in [-0.05, 0) is 45.5 Å². The number of fused-ring (bicyclic) bond motifs is 1. The van der Waals surface area contributed by atoms with Gasteiger partial charge >= 0.3 is 0 Å². The van der Waals surface area contributed by atoms with E-state index in [4.69, 9.17) is 4.42 Å². The molecule has 4 nitrogen and oxygen atoms in total. The van der Waals surface area contributed by atoms with Crippen LogP contribution in [-0.2, 0) is 0 Å². The topological polar surface area (TPSA) is 41.3 Å². The highest BCUT2D eigenvalue weighted by molar-refractivity contribution is 5.87. The van der Waals surface area contributed by atoms with E-state index in [2.05, 4.69) is 29.3 Å². The summed E-state index contributed by atoms with van der Waals surface area (Å²) >= 11 is 0. The summed E-state index contributed by atoms with van der Waals surface area (Å²) in [6, 6.07) is 3.86. The highest BCUT2D eigenvalue weighted by atomic mass is 16.3. The molecule has 2 aromatic heterocycles. The summed E-state index contributed by atoms with van der Waals surface area (Å²) in [5, 5.41) is 4.55. The molecule has 2 heterocycles. The van der Waals surface area contributed by atoms with Gasteiger partial charge in [0.2, 0.25) is 0 Å². The second-order valence-electron chi connectivity index (χ2n) is 5.32. The Bertz CT molecular complexity index is 543. The third-order valence-corrected chi connectivity index (χ3v) is 4.20. The molecule has 1 saturated carbocycles. The first-order chi connectivity index (χ1) is 8.71. The highest BCUT2D eigenvalue weighted by Gasteiger charge is 2.38. The number of furan rings is 1. The van der Waals surface area contributed by atoms with Crippen molar-refractivity contribution in [1.82, 2.24) is 9.88 Å². The Morgan fingerprint density at radius 1 is 1.39 bits per heavy atom. The largest absolute Gasteiger partial charge is 0.464 e. The highest BCUT2D eigenvalue weighted by Crippen LogP contribution is 2.36. The van der Waals surface area contributed by atoms with Crippen LogP contribution >= 0.6 is 0 Å². The second kappa shape index (κ2) is 4.28. The van der Waals surface area contributed by atoms with E-state index in [9.17, 15) is 0 Å². The number of anilines is 1. The number of pyridine rings is 1. The van der Waals surface area contributed by atoms with Crippen LogP contribution in [0.1, 0.15) is 19.3 Å². The van der Waals surface area contributed by atoms with Gasteiger partial charge in [0.25, 0.3) is 0 Å². The molecule has 0 spiro atoms. The van der Waals surface area contributed by atoms with Crippen molar-refractivity contribution in [2.24, 2.45) is 0 Å². The SMILES string of the molecule is CN(C)C1(CNc2nccc3occc23)CCC1. The molecule has 2 aromatic rings. The van der Waals surface area contributed by atoms with Crippen molar-refractivity contribution >= 4 is 16.8 Å².